The van der Waals surface area contributed by atoms with Crippen LogP contribution in [-0.2, 0) is 4.79 Å². The van der Waals surface area contributed by atoms with Crippen LogP contribution in [0.2, 0.25) is 0 Å². The molecule has 0 aliphatic heterocycles. The Hall–Kier alpha value is -0.970. The van der Waals surface area contributed by atoms with E-state index in [1.54, 1.807) is 0 Å². The third-order valence-electron chi connectivity index (χ3n) is 1.34. The molecule has 1 unspecified atom stereocenters. The normalized spacial score (nSPS) is 12.3. The first kappa shape index (κ1) is 10.0. The van der Waals surface area contributed by atoms with Crippen LogP contribution in [0, 0.1) is 18.3 Å². The van der Waals surface area contributed by atoms with E-state index in [2.05, 4.69) is 11.2 Å². The molecular formula is C9H15NO. The highest BCUT2D eigenvalue weighted by Gasteiger charge is 2.08. The van der Waals surface area contributed by atoms with E-state index in [1.807, 2.05) is 20.8 Å². The van der Waals surface area contributed by atoms with Crippen LogP contribution in [0.5, 0.6) is 0 Å². The average molecular weight is 153 g/mol. The minimum atomic E-state index is 0.0372. The Kier molecular flexibility index (Phi) is 4.36. The molecule has 0 aliphatic carbocycles. The van der Waals surface area contributed by atoms with Crippen molar-refractivity contribution in [2.24, 2.45) is 5.92 Å². The van der Waals surface area contributed by atoms with E-state index >= 15 is 0 Å². The molecule has 0 aromatic rings. The van der Waals surface area contributed by atoms with Crippen LogP contribution >= 0.6 is 0 Å². The molecule has 0 heterocycles. The van der Waals surface area contributed by atoms with Crippen LogP contribution in [0.15, 0.2) is 0 Å². The number of hydrogen-bond donors (Lipinski definition) is 1. The van der Waals surface area contributed by atoms with Crippen molar-refractivity contribution in [1.82, 2.24) is 5.32 Å². The van der Waals surface area contributed by atoms with Crippen LogP contribution in [-0.4, -0.2) is 11.9 Å². The standard InChI is InChI=1S/C9H15NO/c1-5-6-8(4)10-9(11)7(2)3/h1,7-8H,6H2,2-4H3,(H,10,11). The van der Waals surface area contributed by atoms with E-state index in [0.29, 0.717) is 6.42 Å². The van der Waals surface area contributed by atoms with Gasteiger partial charge in [0.25, 0.3) is 0 Å². The Labute approximate surface area is 68.4 Å². The van der Waals surface area contributed by atoms with Crippen molar-refractivity contribution < 1.29 is 4.79 Å². The molecule has 62 valence electrons. The van der Waals surface area contributed by atoms with Gasteiger partial charge in [-0.3, -0.25) is 4.79 Å². The largest absolute Gasteiger partial charge is 0.352 e. The van der Waals surface area contributed by atoms with Crippen molar-refractivity contribution in [3.05, 3.63) is 0 Å². The van der Waals surface area contributed by atoms with Gasteiger partial charge in [0.15, 0.2) is 0 Å². The second-order valence-corrected chi connectivity index (χ2v) is 2.97. The third kappa shape index (κ3) is 4.44. The van der Waals surface area contributed by atoms with E-state index in [-0.39, 0.29) is 17.9 Å². The Morgan fingerprint density at radius 3 is 2.45 bits per heavy atom. The summed E-state index contributed by atoms with van der Waals surface area (Å²) < 4.78 is 0. The lowest BCUT2D eigenvalue weighted by atomic mass is 10.2. The number of hydrogen-bond acceptors (Lipinski definition) is 1. The Morgan fingerprint density at radius 1 is 1.55 bits per heavy atom. The number of carbonyl (C=O) groups excluding carboxylic acids is 1. The third-order valence-corrected chi connectivity index (χ3v) is 1.34. The fourth-order valence-electron chi connectivity index (χ4n) is 0.637. The second kappa shape index (κ2) is 4.79. The van der Waals surface area contributed by atoms with Gasteiger partial charge in [-0.15, -0.1) is 12.3 Å². The Bertz CT molecular complexity index is 167. The van der Waals surface area contributed by atoms with Gasteiger partial charge in [0.1, 0.15) is 0 Å². The molecule has 1 atom stereocenters. The summed E-state index contributed by atoms with van der Waals surface area (Å²) >= 11 is 0. The number of terminal acetylenes is 1. The molecule has 0 rings (SSSR count). The molecular weight excluding hydrogens is 138 g/mol. The van der Waals surface area contributed by atoms with E-state index < -0.39 is 0 Å². The lowest BCUT2D eigenvalue weighted by molar-refractivity contribution is -0.124. The summed E-state index contributed by atoms with van der Waals surface area (Å²) in [5, 5.41) is 2.80. The van der Waals surface area contributed by atoms with Gasteiger partial charge in [-0.2, -0.15) is 0 Å². The number of amides is 1. The molecule has 0 aliphatic rings. The average Bonchev–Trinajstić information content (AvgIpc) is 1.87. The monoisotopic (exact) mass is 153 g/mol. The SMILES string of the molecule is C#CCC(C)NC(=O)C(C)C. The van der Waals surface area contributed by atoms with Gasteiger partial charge < -0.3 is 5.32 Å². The quantitative estimate of drug-likeness (QED) is 0.606. The first-order valence-corrected chi connectivity index (χ1v) is 3.81. The van der Waals surface area contributed by atoms with Crippen molar-refractivity contribution in [1.29, 1.82) is 0 Å². The summed E-state index contributed by atoms with van der Waals surface area (Å²) in [7, 11) is 0. The van der Waals surface area contributed by atoms with Gasteiger partial charge in [-0.1, -0.05) is 13.8 Å². The van der Waals surface area contributed by atoms with Gasteiger partial charge in [-0.05, 0) is 6.92 Å². The van der Waals surface area contributed by atoms with E-state index in [0.717, 1.165) is 0 Å². The molecule has 0 saturated carbocycles. The van der Waals surface area contributed by atoms with Crippen molar-refractivity contribution >= 4 is 5.91 Å². The van der Waals surface area contributed by atoms with Crippen LogP contribution in [0.4, 0.5) is 0 Å². The van der Waals surface area contributed by atoms with Gasteiger partial charge >= 0.3 is 0 Å². The minimum absolute atomic E-state index is 0.0372. The molecule has 0 spiro atoms. The van der Waals surface area contributed by atoms with E-state index in [9.17, 15) is 4.79 Å². The highest BCUT2D eigenvalue weighted by atomic mass is 16.1. The predicted octanol–water partition coefficient (Wildman–Crippen LogP) is 1.17. The van der Waals surface area contributed by atoms with Crippen molar-refractivity contribution in [3.8, 4) is 12.3 Å². The summed E-state index contributed by atoms with van der Waals surface area (Å²) in [6, 6.07) is 0.0925. The van der Waals surface area contributed by atoms with E-state index in [1.165, 1.54) is 0 Å². The summed E-state index contributed by atoms with van der Waals surface area (Å²) in [5.74, 6) is 2.60. The lowest BCUT2D eigenvalue weighted by Crippen LogP contribution is -2.35. The van der Waals surface area contributed by atoms with Crippen LogP contribution in [0.3, 0.4) is 0 Å². The number of rotatable bonds is 3. The molecule has 1 N–H and O–H groups in total. The zero-order valence-corrected chi connectivity index (χ0v) is 7.35. The maximum atomic E-state index is 11.0. The first-order chi connectivity index (χ1) is 5.07. The molecule has 11 heavy (non-hydrogen) atoms. The number of carbonyl (C=O) groups is 1. The smallest absolute Gasteiger partial charge is 0.222 e. The molecule has 2 heteroatoms. The second-order valence-electron chi connectivity index (χ2n) is 2.97. The Balaban J connectivity index is 3.68. The fourth-order valence-corrected chi connectivity index (χ4v) is 0.637. The van der Waals surface area contributed by atoms with Crippen molar-refractivity contribution in [2.45, 2.75) is 33.2 Å². The van der Waals surface area contributed by atoms with Crippen LogP contribution in [0.1, 0.15) is 27.2 Å². The van der Waals surface area contributed by atoms with Gasteiger partial charge in [-0.25, -0.2) is 0 Å². The van der Waals surface area contributed by atoms with Crippen LogP contribution in [0.25, 0.3) is 0 Å². The highest BCUT2D eigenvalue weighted by molar-refractivity contribution is 5.78. The maximum absolute atomic E-state index is 11.0. The summed E-state index contributed by atoms with van der Waals surface area (Å²) in [5.41, 5.74) is 0. The molecule has 0 radical (unpaired) electrons. The molecule has 0 aromatic carbocycles. The topological polar surface area (TPSA) is 29.1 Å². The van der Waals surface area contributed by atoms with Crippen molar-refractivity contribution in [3.63, 3.8) is 0 Å². The molecule has 0 saturated heterocycles. The van der Waals surface area contributed by atoms with Gasteiger partial charge in [0, 0.05) is 18.4 Å². The van der Waals surface area contributed by atoms with Gasteiger partial charge in [0.2, 0.25) is 5.91 Å². The molecule has 0 bridgehead atoms. The van der Waals surface area contributed by atoms with E-state index in [4.69, 9.17) is 6.42 Å². The number of nitrogens with one attached hydrogen (secondary N) is 1. The zero-order chi connectivity index (χ0) is 8.85. The minimum Gasteiger partial charge on any atom is -0.352 e. The molecule has 0 fully saturated rings. The molecule has 1 amide bonds. The summed E-state index contributed by atoms with van der Waals surface area (Å²) in [4.78, 5) is 11.0. The lowest BCUT2D eigenvalue weighted by Gasteiger charge is -2.12. The summed E-state index contributed by atoms with van der Waals surface area (Å²) in [6.07, 6.45) is 5.68. The predicted molar refractivity (Wildman–Crippen MR) is 45.9 cm³/mol. The fraction of sp³-hybridized carbons (Fsp3) is 0.667. The van der Waals surface area contributed by atoms with Crippen molar-refractivity contribution in [2.75, 3.05) is 0 Å². The molecule has 2 nitrogen and oxygen atoms in total. The summed E-state index contributed by atoms with van der Waals surface area (Å²) in [6.45, 7) is 5.62. The molecule has 0 aromatic heterocycles. The first-order valence-electron chi connectivity index (χ1n) is 3.81. The Morgan fingerprint density at radius 2 is 2.09 bits per heavy atom. The zero-order valence-electron chi connectivity index (χ0n) is 7.35. The highest BCUT2D eigenvalue weighted by Crippen LogP contribution is 1.94. The van der Waals surface area contributed by atoms with Gasteiger partial charge in [0.05, 0.1) is 0 Å². The van der Waals surface area contributed by atoms with Crippen LogP contribution < -0.4 is 5.32 Å². The maximum Gasteiger partial charge on any atom is 0.222 e.